The first-order chi connectivity index (χ1) is 16.4. The smallest absolute Gasteiger partial charge is 0.329 e. The van der Waals surface area contributed by atoms with Crippen molar-refractivity contribution in [3.05, 3.63) is 99.2 Å². The second-order valence-electron chi connectivity index (χ2n) is 7.90. The quantitative estimate of drug-likeness (QED) is 0.299. The Morgan fingerprint density at radius 3 is 2.41 bits per heavy atom. The summed E-state index contributed by atoms with van der Waals surface area (Å²) in [7, 11) is 0. The number of nitrogens with zero attached hydrogens (tertiary/aromatic N) is 1. The molecule has 1 fully saturated rings. The van der Waals surface area contributed by atoms with Crippen LogP contribution in [0.5, 0.6) is 11.5 Å². The zero-order chi connectivity index (χ0) is 24.1. The van der Waals surface area contributed by atoms with Crippen molar-refractivity contribution >= 4 is 33.9 Å². The highest BCUT2D eigenvalue weighted by molar-refractivity contribution is 9.10. The van der Waals surface area contributed by atoms with Crippen LogP contribution >= 0.6 is 15.9 Å². The zero-order valence-corrected chi connectivity index (χ0v) is 20.6. The summed E-state index contributed by atoms with van der Waals surface area (Å²) in [6.45, 7) is 5.00. The summed E-state index contributed by atoms with van der Waals surface area (Å²) in [5.41, 5.74) is 4.00. The number of hydrogen-bond acceptors (Lipinski definition) is 4. The van der Waals surface area contributed by atoms with Gasteiger partial charge in [0.15, 0.2) is 11.5 Å². The minimum absolute atomic E-state index is 0.206. The molecular weight excluding hydrogens is 496 g/mol. The fourth-order valence-electron chi connectivity index (χ4n) is 3.64. The number of ether oxygens (including phenoxy) is 2. The number of aryl methyl sites for hydroxylation is 1. The fourth-order valence-corrected chi connectivity index (χ4v) is 4.08. The molecule has 0 radical (unpaired) electrons. The van der Waals surface area contributed by atoms with Crippen molar-refractivity contribution in [2.24, 2.45) is 0 Å². The summed E-state index contributed by atoms with van der Waals surface area (Å²) < 4.78 is 12.6. The van der Waals surface area contributed by atoms with Gasteiger partial charge in [-0.2, -0.15) is 0 Å². The predicted molar refractivity (Wildman–Crippen MR) is 134 cm³/mol. The number of halogens is 1. The number of hydrogen-bond donors (Lipinski definition) is 1. The van der Waals surface area contributed by atoms with Gasteiger partial charge in [0.2, 0.25) is 0 Å². The van der Waals surface area contributed by atoms with E-state index >= 15 is 0 Å². The van der Waals surface area contributed by atoms with Crippen LogP contribution in [-0.2, 0) is 17.9 Å². The lowest BCUT2D eigenvalue weighted by atomic mass is 10.1. The van der Waals surface area contributed by atoms with Crippen molar-refractivity contribution in [1.29, 1.82) is 0 Å². The number of imide groups is 1. The predicted octanol–water partition coefficient (Wildman–Crippen LogP) is 5.83. The molecule has 1 N–H and O–H groups in total. The standard InChI is InChI=1S/C27H25BrN2O4/c1-3-33-24-14-21(22(28)15-25(24)34-17-20-11-7-8-18(2)12-20)13-23-26(31)30(27(32)29-23)16-19-9-5-4-6-10-19/h4-15H,3,16-17H2,1-2H3,(H,29,32)/b23-13+. The molecule has 0 unspecified atom stereocenters. The molecule has 7 heteroatoms. The molecule has 1 aliphatic heterocycles. The van der Waals surface area contributed by atoms with Gasteiger partial charge in [-0.1, -0.05) is 76.1 Å². The van der Waals surface area contributed by atoms with Crippen molar-refractivity contribution < 1.29 is 19.1 Å². The van der Waals surface area contributed by atoms with E-state index in [0.717, 1.165) is 11.1 Å². The highest BCUT2D eigenvalue weighted by Crippen LogP contribution is 2.36. The average molecular weight is 521 g/mol. The van der Waals surface area contributed by atoms with E-state index in [9.17, 15) is 9.59 Å². The van der Waals surface area contributed by atoms with E-state index in [0.29, 0.717) is 34.7 Å². The van der Waals surface area contributed by atoms with Crippen molar-refractivity contribution in [3.63, 3.8) is 0 Å². The molecule has 1 aliphatic rings. The van der Waals surface area contributed by atoms with E-state index in [4.69, 9.17) is 9.47 Å². The SMILES string of the molecule is CCOc1cc(/C=C2/NC(=O)N(Cc3ccccc3)C2=O)c(Br)cc1OCc1cccc(C)c1. The van der Waals surface area contributed by atoms with Crippen LogP contribution in [0.2, 0.25) is 0 Å². The van der Waals surface area contributed by atoms with Crippen LogP contribution in [-0.4, -0.2) is 23.4 Å². The summed E-state index contributed by atoms with van der Waals surface area (Å²) in [5, 5.41) is 2.67. The topological polar surface area (TPSA) is 67.9 Å². The molecule has 0 aliphatic carbocycles. The molecule has 0 aromatic heterocycles. The first-order valence-electron chi connectivity index (χ1n) is 11.0. The summed E-state index contributed by atoms with van der Waals surface area (Å²) in [5.74, 6) is 0.770. The van der Waals surface area contributed by atoms with E-state index in [1.165, 1.54) is 10.5 Å². The van der Waals surface area contributed by atoms with Crippen molar-refractivity contribution in [3.8, 4) is 11.5 Å². The maximum atomic E-state index is 12.9. The first kappa shape index (κ1) is 23.6. The van der Waals surface area contributed by atoms with Crippen LogP contribution in [0.1, 0.15) is 29.2 Å². The molecule has 1 saturated heterocycles. The number of carbonyl (C=O) groups is 2. The third-order valence-electron chi connectivity index (χ3n) is 5.29. The molecule has 0 spiro atoms. The summed E-state index contributed by atoms with van der Waals surface area (Å²) in [6.07, 6.45) is 1.64. The second-order valence-corrected chi connectivity index (χ2v) is 8.75. The van der Waals surface area contributed by atoms with Gasteiger partial charge in [0, 0.05) is 4.47 Å². The van der Waals surface area contributed by atoms with Crippen LogP contribution < -0.4 is 14.8 Å². The van der Waals surface area contributed by atoms with Gasteiger partial charge in [0.05, 0.1) is 13.2 Å². The van der Waals surface area contributed by atoms with Gasteiger partial charge in [-0.15, -0.1) is 0 Å². The number of carbonyl (C=O) groups excluding carboxylic acids is 2. The highest BCUT2D eigenvalue weighted by Gasteiger charge is 2.33. The Morgan fingerprint density at radius 1 is 0.941 bits per heavy atom. The minimum Gasteiger partial charge on any atom is -0.490 e. The van der Waals surface area contributed by atoms with Gasteiger partial charge < -0.3 is 14.8 Å². The van der Waals surface area contributed by atoms with Crippen molar-refractivity contribution in [2.45, 2.75) is 27.0 Å². The maximum absolute atomic E-state index is 12.9. The van der Waals surface area contributed by atoms with Gasteiger partial charge in [0.25, 0.3) is 5.91 Å². The normalized spacial score (nSPS) is 14.4. The number of urea groups is 1. The van der Waals surface area contributed by atoms with Crippen molar-refractivity contribution in [2.75, 3.05) is 6.61 Å². The molecule has 1 heterocycles. The van der Waals surface area contributed by atoms with Gasteiger partial charge in [-0.25, -0.2) is 4.79 Å². The lowest BCUT2D eigenvalue weighted by Crippen LogP contribution is -2.30. The third kappa shape index (κ3) is 5.48. The Hall–Kier alpha value is -3.58. The molecule has 4 rings (SSSR count). The molecule has 3 aromatic carbocycles. The Kier molecular flexibility index (Phi) is 7.33. The summed E-state index contributed by atoms with van der Waals surface area (Å²) in [6, 6.07) is 20.7. The minimum atomic E-state index is -0.445. The van der Waals surface area contributed by atoms with E-state index in [2.05, 4.69) is 27.3 Å². The largest absolute Gasteiger partial charge is 0.490 e. The lowest BCUT2D eigenvalue weighted by Gasteiger charge is -2.14. The van der Waals surface area contributed by atoms with Gasteiger partial charge in [-0.3, -0.25) is 9.69 Å². The van der Waals surface area contributed by atoms with Crippen LogP contribution in [0, 0.1) is 6.92 Å². The Morgan fingerprint density at radius 2 is 1.68 bits per heavy atom. The fraction of sp³-hybridized carbons (Fsp3) is 0.185. The monoisotopic (exact) mass is 520 g/mol. The Bertz CT molecular complexity index is 1240. The lowest BCUT2D eigenvalue weighted by molar-refractivity contribution is -0.123. The van der Waals surface area contributed by atoms with Crippen LogP contribution in [0.4, 0.5) is 4.79 Å². The van der Waals surface area contributed by atoms with Gasteiger partial charge in [0.1, 0.15) is 12.3 Å². The summed E-state index contributed by atoms with van der Waals surface area (Å²) >= 11 is 3.56. The Labute approximate surface area is 207 Å². The van der Waals surface area contributed by atoms with Gasteiger partial charge >= 0.3 is 6.03 Å². The third-order valence-corrected chi connectivity index (χ3v) is 5.97. The average Bonchev–Trinajstić information content (AvgIpc) is 3.08. The van der Waals surface area contributed by atoms with Gasteiger partial charge in [-0.05, 0) is 48.7 Å². The number of benzene rings is 3. The molecule has 6 nitrogen and oxygen atoms in total. The second kappa shape index (κ2) is 10.6. The summed E-state index contributed by atoms with van der Waals surface area (Å²) in [4.78, 5) is 26.5. The van der Waals surface area contributed by atoms with E-state index in [1.807, 2.05) is 68.4 Å². The van der Waals surface area contributed by atoms with Crippen molar-refractivity contribution in [1.82, 2.24) is 10.2 Å². The van der Waals surface area contributed by atoms with Crippen LogP contribution in [0.3, 0.4) is 0 Å². The first-order valence-corrected chi connectivity index (χ1v) is 11.8. The maximum Gasteiger partial charge on any atom is 0.329 e. The number of nitrogens with one attached hydrogen (secondary N) is 1. The van der Waals surface area contributed by atoms with E-state index in [1.54, 1.807) is 12.1 Å². The molecular formula is C27H25BrN2O4. The highest BCUT2D eigenvalue weighted by atomic mass is 79.9. The number of rotatable bonds is 8. The number of amides is 3. The molecule has 3 aromatic rings. The molecule has 0 saturated carbocycles. The molecule has 34 heavy (non-hydrogen) atoms. The van der Waals surface area contributed by atoms with E-state index in [-0.39, 0.29) is 18.1 Å². The van der Waals surface area contributed by atoms with Crippen LogP contribution in [0.25, 0.3) is 6.08 Å². The Balaban J connectivity index is 1.56. The zero-order valence-electron chi connectivity index (χ0n) is 19.0. The molecule has 3 amide bonds. The van der Waals surface area contributed by atoms with E-state index < -0.39 is 6.03 Å². The molecule has 174 valence electrons. The molecule has 0 atom stereocenters. The van der Waals surface area contributed by atoms with Crippen LogP contribution in [0.15, 0.2) is 76.9 Å². The molecule has 0 bridgehead atoms.